The van der Waals surface area contributed by atoms with Gasteiger partial charge >= 0.3 is 0 Å². The van der Waals surface area contributed by atoms with Crippen molar-refractivity contribution in [2.75, 3.05) is 24.5 Å². The summed E-state index contributed by atoms with van der Waals surface area (Å²) in [6, 6.07) is 14.9. The van der Waals surface area contributed by atoms with E-state index in [0.717, 1.165) is 5.69 Å². The average molecular weight is 312 g/mol. The summed E-state index contributed by atoms with van der Waals surface area (Å²) in [6.45, 7) is 1.28. The highest BCUT2D eigenvalue weighted by atomic mass is 19.1. The molecule has 0 atom stereocenters. The normalized spacial score (nSPS) is 15.4. The lowest BCUT2D eigenvalue weighted by atomic mass is 10.2. The molecule has 0 spiro atoms. The number of hydrogen-bond acceptors (Lipinski definition) is 2. The molecule has 118 valence electrons. The SMILES string of the molecule is O=C(c1ccc(F)cc1)N1CCC(=O)N(c2ccccc2)CC1. The summed E-state index contributed by atoms with van der Waals surface area (Å²) in [5, 5.41) is 0. The Balaban J connectivity index is 1.74. The molecule has 0 unspecified atom stereocenters. The van der Waals surface area contributed by atoms with Crippen LogP contribution in [0.25, 0.3) is 0 Å². The number of amides is 2. The Hall–Kier alpha value is -2.69. The summed E-state index contributed by atoms with van der Waals surface area (Å²) in [6.07, 6.45) is 0.280. The second-order valence-electron chi connectivity index (χ2n) is 5.43. The Morgan fingerprint density at radius 1 is 0.913 bits per heavy atom. The van der Waals surface area contributed by atoms with E-state index in [1.54, 1.807) is 9.80 Å². The molecule has 0 radical (unpaired) electrons. The van der Waals surface area contributed by atoms with Gasteiger partial charge in [0.15, 0.2) is 0 Å². The molecule has 2 aromatic carbocycles. The summed E-state index contributed by atoms with van der Waals surface area (Å²) in [4.78, 5) is 28.1. The van der Waals surface area contributed by atoms with Crippen molar-refractivity contribution in [3.8, 4) is 0 Å². The molecule has 4 nitrogen and oxygen atoms in total. The van der Waals surface area contributed by atoms with Gasteiger partial charge in [-0.3, -0.25) is 9.59 Å². The number of carbonyl (C=O) groups is 2. The largest absolute Gasteiger partial charge is 0.336 e. The van der Waals surface area contributed by atoms with Gasteiger partial charge in [0.2, 0.25) is 5.91 Å². The number of carbonyl (C=O) groups excluding carboxylic acids is 2. The Bertz CT molecular complexity index is 701. The maximum Gasteiger partial charge on any atom is 0.253 e. The van der Waals surface area contributed by atoms with Crippen LogP contribution in [0.3, 0.4) is 0 Å². The summed E-state index contributed by atoms with van der Waals surface area (Å²) in [5.74, 6) is -0.541. The molecular weight excluding hydrogens is 295 g/mol. The highest BCUT2D eigenvalue weighted by Gasteiger charge is 2.25. The quantitative estimate of drug-likeness (QED) is 0.855. The van der Waals surface area contributed by atoms with Gasteiger partial charge < -0.3 is 9.80 Å². The summed E-state index contributed by atoms with van der Waals surface area (Å²) in [5.41, 5.74) is 1.28. The fraction of sp³-hybridized carbons (Fsp3) is 0.222. The molecule has 0 aliphatic carbocycles. The van der Waals surface area contributed by atoms with Crippen LogP contribution in [0.4, 0.5) is 10.1 Å². The molecule has 1 saturated heterocycles. The third-order valence-corrected chi connectivity index (χ3v) is 3.94. The van der Waals surface area contributed by atoms with Crippen molar-refractivity contribution in [3.05, 3.63) is 66.0 Å². The summed E-state index contributed by atoms with van der Waals surface area (Å²) in [7, 11) is 0. The van der Waals surface area contributed by atoms with E-state index in [1.807, 2.05) is 30.3 Å². The number of para-hydroxylation sites is 1. The van der Waals surface area contributed by atoms with Crippen molar-refractivity contribution in [2.45, 2.75) is 6.42 Å². The van der Waals surface area contributed by atoms with Gasteiger partial charge in [0.1, 0.15) is 5.82 Å². The highest BCUT2D eigenvalue weighted by molar-refractivity contribution is 5.97. The van der Waals surface area contributed by atoms with Gasteiger partial charge in [0.25, 0.3) is 5.91 Å². The van der Waals surface area contributed by atoms with Crippen LogP contribution in [0.2, 0.25) is 0 Å². The van der Waals surface area contributed by atoms with Crippen molar-refractivity contribution in [2.24, 2.45) is 0 Å². The Morgan fingerprint density at radius 2 is 1.61 bits per heavy atom. The number of anilines is 1. The zero-order valence-corrected chi connectivity index (χ0v) is 12.6. The van der Waals surface area contributed by atoms with Crippen molar-refractivity contribution in [1.82, 2.24) is 4.90 Å². The molecule has 5 heteroatoms. The minimum atomic E-state index is -0.372. The first-order valence-corrected chi connectivity index (χ1v) is 7.55. The topological polar surface area (TPSA) is 40.6 Å². The monoisotopic (exact) mass is 312 g/mol. The van der Waals surface area contributed by atoms with Crippen LogP contribution in [-0.4, -0.2) is 36.3 Å². The van der Waals surface area contributed by atoms with Crippen LogP contribution in [0.15, 0.2) is 54.6 Å². The molecule has 1 aliphatic heterocycles. The van der Waals surface area contributed by atoms with Crippen LogP contribution in [0, 0.1) is 5.82 Å². The van der Waals surface area contributed by atoms with E-state index in [2.05, 4.69) is 0 Å². The molecule has 1 heterocycles. The molecule has 1 aliphatic rings. The summed E-state index contributed by atoms with van der Waals surface area (Å²) >= 11 is 0. The van der Waals surface area contributed by atoms with E-state index in [-0.39, 0.29) is 24.1 Å². The average Bonchev–Trinajstić information content (AvgIpc) is 2.77. The molecule has 2 aromatic rings. The molecule has 2 amide bonds. The lowest BCUT2D eigenvalue weighted by molar-refractivity contribution is -0.118. The first kappa shape index (κ1) is 15.2. The van der Waals surface area contributed by atoms with E-state index in [4.69, 9.17) is 0 Å². The van der Waals surface area contributed by atoms with E-state index >= 15 is 0 Å². The maximum atomic E-state index is 13.0. The van der Waals surface area contributed by atoms with Crippen LogP contribution >= 0.6 is 0 Å². The van der Waals surface area contributed by atoms with Crippen LogP contribution < -0.4 is 4.90 Å². The Labute approximate surface area is 134 Å². The number of benzene rings is 2. The number of halogens is 1. The molecule has 1 fully saturated rings. The predicted molar refractivity (Wildman–Crippen MR) is 85.7 cm³/mol. The fourth-order valence-corrected chi connectivity index (χ4v) is 2.68. The lowest BCUT2D eigenvalue weighted by Crippen LogP contribution is -2.35. The third kappa shape index (κ3) is 3.39. The van der Waals surface area contributed by atoms with E-state index in [0.29, 0.717) is 25.2 Å². The number of nitrogens with zero attached hydrogens (tertiary/aromatic N) is 2. The minimum Gasteiger partial charge on any atom is -0.336 e. The molecule has 23 heavy (non-hydrogen) atoms. The van der Waals surface area contributed by atoms with Crippen molar-refractivity contribution >= 4 is 17.5 Å². The van der Waals surface area contributed by atoms with E-state index in [9.17, 15) is 14.0 Å². The lowest BCUT2D eigenvalue weighted by Gasteiger charge is -2.22. The van der Waals surface area contributed by atoms with Crippen molar-refractivity contribution < 1.29 is 14.0 Å². The second kappa shape index (κ2) is 6.60. The molecule has 0 aromatic heterocycles. The number of rotatable bonds is 2. The third-order valence-electron chi connectivity index (χ3n) is 3.94. The van der Waals surface area contributed by atoms with Gasteiger partial charge in [-0.25, -0.2) is 4.39 Å². The standard InChI is InChI=1S/C18H17FN2O2/c19-15-8-6-14(7-9-15)18(23)20-11-10-17(22)21(13-12-20)16-4-2-1-3-5-16/h1-9H,10-13H2. The summed E-state index contributed by atoms with van der Waals surface area (Å²) < 4.78 is 13.0. The van der Waals surface area contributed by atoms with Crippen molar-refractivity contribution in [3.63, 3.8) is 0 Å². The predicted octanol–water partition coefficient (Wildman–Crippen LogP) is 2.70. The first-order valence-electron chi connectivity index (χ1n) is 7.55. The van der Waals surface area contributed by atoms with Gasteiger partial charge in [-0.2, -0.15) is 0 Å². The van der Waals surface area contributed by atoms with Gasteiger partial charge in [-0.1, -0.05) is 18.2 Å². The zero-order valence-electron chi connectivity index (χ0n) is 12.6. The Kier molecular flexibility index (Phi) is 4.37. The van der Waals surface area contributed by atoms with Crippen molar-refractivity contribution in [1.29, 1.82) is 0 Å². The Morgan fingerprint density at radius 3 is 2.30 bits per heavy atom. The molecule has 3 rings (SSSR count). The maximum absolute atomic E-state index is 13.0. The van der Waals surface area contributed by atoms with Crippen LogP contribution in [0.5, 0.6) is 0 Å². The van der Waals surface area contributed by atoms with Gasteiger partial charge in [0.05, 0.1) is 0 Å². The molecule has 0 saturated carbocycles. The molecule has 0 N–H and O–H groups in total. The first-order chi connectivity index (χ1) is 11.1. The van der Waals surface area contributed by atoms with Crippen LogP contribution in [-0.2, 0) is 4.79 Å². The van der Waals surface area contributed by atoms with Gasteiger partial charge in [-0.05, 0) is 36.4 Å². The smallest absolute Gasteiger partial charge is 0.253 e. The second-order valence-corrected chi connectivity index (χ2v) is 5.43. The van der Waals surface area contributed by atoms with Gasteiger partial charge in [0, 0.05) is 37.3 Å². The fourth-order valence-electron chi connectivity index (χ4n) is 2.68. The zero-order chi connectivity index (χ0) is 16.2. The van der Waals surface area contributed by atoms with Gasteiger partial charge in [-0.15, -0.1) is 0 Å². The van der Waals surface area contributed by atoms with Crippen LogP contribution in [0.1, 0.15) is 16.8 Å². The van der Waals surface area contributed by atoms with E-state index in [1.165, 1.54) is 24.3 Å². The molecular formula is C18H17FN2O2. The van der Waals surface area contributed by atoms with E-state index < -0.39 is 0 Å². The number of hydrogen-bond donors (Lipinski definition) is 0. The minimum absolute atomic E-state index is 0.00519. The molecule has 0 bridgehead atoms. The highest BCUT2D eigenvalue weighted by Crippen LogP contribution is 2.18.